The second kappa shape index (κ2) is 16.3. The first-order valence-electron chi connectivity index (χ1n) is 27.3. The maximum absolute atomic E-state index is 2.63. The van der Waals surface area contributed by atoms with E-state index in [2.05, 4.69) is 278 Å². The summed E-state index contributed by atoms with van der Waals surface area (Å²) in [7, 11) is 0. The van der Waals surface area contributed by atoms with E-state index in [0.717, 1.165) is 17.1 Å². The summed E-state index contributed by atoms with van der Waals surface area (Å²) < 4.78 is 0. The molecule has 12 aromatic rings. The zero-order chi connectivity index (χ0) is 51.6. The minimum Gasteiger partial charge on any atom is -0.310 e. The molecule has 18 rings (SSSR count). The second-order valence-corrected chi connectivity index (χ2v) is 24.9. The van der Waals surface area contributed by atoms with Crippen LogP contribution in [0.4, 0.5) is 17.1 Å². The predicted molar refractivity (Wildman–Crippen MR) is 325 cm³/mol. The Labute approximate surface area is 472 Å². The van der Waals surface area contributed by atoms with E-state index >= 15 is 0 Å². The normalized spacial score (nSPS) is 15.5. The SMILES string of the molecule is c1ccc2c(c1)Sc1ccccc1C21c2ccccc2-c2cc(N(c3ccc4c(c3)C3(c5ccccc5Sc5ccccc53)c3ccccc3-4)c3cccc4c3-c3ccccc3C43c4ccccc4Sc4ccccc43)ccc21. The summed E-state index contributed by atoms with van der Waals surface area (Å²) in [5, 5.41) is 0. The summed E-state index contributed by atoms with van der Waals surface area (Å²) in [4.78, 5) is 10.5. The van der Waals surface area contributed by atoms with Gasteiger partial charge in [0, 0.05) is 46.3 Å². The van der Waals surface area contributed by atoms with E-state index in [9.17, 15) is 0 Å². The molecule has 79 heavy (non-hydrogen) atoms. The fourth-order valence-electron chi connectivity index (χ4n) is 15.5. The molecule has 3 spiro atoms. The Bertz CT molecular complexity index is 4510. The molecule has 12 aromatic carbocycles. The number of benzene rings is 12. The van der Waals surface area contributed by atoms with E-state index < -0.39 is 16.2 Å². The standard InChI is InChI=1S/C75H45NS3/c1-4-23-53-48(20-1)50-42-40-47(45-64(50)75(53)61-30-11-17-38-70(61)79-71-39-18-12-31-62(71)75)76(46-41-43-56-52(44-46)49-21-2-5-24-54(49)73(56)57-26-7-13-34-66(57)77-67-35-14-8-27-58(67)73)65-33-19-32-63-72(65)51-22-3-6-25-55(51)74(63)59-28-9-15-36-68(59)78-69-37-16-10-29-60(69)74/h1-45H. The predicted octanol–water partition coefficient (Wildman–Crippen LogP) is 19.6. The van der Waals surface area contributed by atoms with Crippen molar-refractivity contribution in [2.45, 2.75) is 45.6 Å². The van der Waals surface area contributed by atoms with Gasteiger partial charge >= 0.3 is 0 Å². The third-order valence-electron chi connectivity index (χ3n) is 18.3. The molecule has 3 aliphatic carbocycles. The largest absolute Gasteiger partial charge is 0.310 e. The lowest BCUT2D eigenvalue weighted by Crippen LogP contribution is -2.32. The molecule has 0 fully saturated rings. The summed E-state index contributed by atoms with van der Waals surface area (Å²) in [6.45, 7) is 0. The quantitative estimate of drug-likeness (QED) is 0.173. The van der Waals surface area contributed by atoms with Crippen molar-refractivity contribution in [3.8, 4) is 33.4 Å². The van der Waals surface area contributed by atoms with E-state index in [1.165, 1.54) is 130 Å². The number of fused-ring (bicyclic) bond motifs is 27. The highest BCUT2D eigenvalue weighted by Crippen LogP contribution is 2.68. The zero-order valence-electron chi connectivity index (χ0n) is 42.7. The average Bonchev–Trinajstić information content (AvgIpc) is 4.30. The highest BCUT2D eigenvalue weighted by Gasteiger charge is 2.54. The third kappa shape index (κ3) is 5.56. The number of hydrogen-bond donors (Lipinski definition) is 0. The number of anilines is 3. The first-order valence-corrected chi connectivity index (χ1v) is 29.8. The highest BCUT2D eigenvalue weighted by atomic mass is 32.2. The van der Waals surface area contributed by atoms with Gasteiger partial charge in [-0.3, -0.25) is 0 Å². The third-order valence-corrected chi connectivity index (χ3v) is 21.7. The van der Waals surface area contributed by atoms with Gasteiger partial charge in [-0.1, -0.05) is 242 Å². The van der Waals surface area contributed by atoms with E-state index in [1.54, 1.807) is 0 Å². The van der Waals surface area contributed by atoms with Crippen LogP contribution >= 0.6 is 35.3 Å². The Morgan fingerprint density at radius 1 is 0.215 bits per heavy atom. The lowest BCUT2D eigenvalue weighted by atomic mass is 9.67. The molecule has 0 unspecified atom stereocenters. The topological polar surface area (TPSA) is 3.24 Å². The Kier molecular flexibility index (Phi) is 9.17. The summed E-state index contributed by atoms with van der Waals surface area (Å²) in [5.74, 6) is 0. The van der Waals surface area contributed by atoms with Gasteiger partial charge in [-0.15, -0.1) is 0 Å². The summed E-state index contributed by atoms with van der Waals surface area (Å²) in [6.07, 6.45) is 0. The average molecular weight is 1060 g/mol. The van der Waals surface area contributed by atoms with Crippen LogP contribution < -0.4 is 4.90 Å². The Morgan fingerprint density at radius 3 is 1.01 bits per heavy atom. The molecule has 3 heterocycles. The first kappa shape index (κ1) is 44.5. The molecule has 3 aliphatic heterocycles. The number of rotatable bonds is 3. The van der Waals surface area contributed by atoms with Crippen LogP contribution in [0.1, 0.15) is 66.8 Å². The van der Waals surface area contributed by atoms with Crippen molar-refractivity contribution in [2.75, 3.05) is 4.90 Å². The van der Waals surface area contributed by atoms with E-state index in [-0.39, 0.29) is 0 Å². The number of nitrogens with zero attached hydrogens (tertiary/aromatic N) is 1. The fourth-order valence-corrected chi connectivity index (χ4v) is 19.0. The minimum atomic E-state index is -0.544. The van der Waals surface area contributed by atoms with Crippen molar-refractivity contribution in [1.29, 1.82) is 0 Å². The van der Waals surface area contributed by atoms with Crippen molar-refractivity contribution >= 4 is 52.3 Å². The zero-order valence-corrected chi connectivity index (χ0v) is 45.1. The van der Waals surface area contributed by atoms with Gasteiger partial charge in [-0.2, -0.15) is 0 Å². The van der Waals surface area contributed by atoms with Gasteiger partial charge in [0.25, 0.3) is 0 Å². The fraction of sp³-hybridized carbons (Fsp3) is 0.0400. The molecule has 0 amide bonds. The Hall–Kier alpha value is -8.51. The number of hydrogen-bond acceptors (Lipinski definition) is 4. The molecule has 0 saturated heterocycles. The van der Waals surface area contributed by atoms with Crippen LogP contribution in [0.25, 0.3) is 33.4 Å². The molecule has 0 aromatic heterocycles. The Morgan fingerprint density at radius 2 is 0.532 bits per heavy atom. The molecule has 1 nitrogen and oxygen atoms in total. The molecule has 4 heteroatoms. The van der Waals surface area contributed by atoms with Gasteiger partial charge in [-0.05, 0) is 161 Å². The molecule has 0 atom stereocenters. The van der Waals surface area contributed by atoms with Crippen LogP contribution in [0.2, 0.25) is 0 Å². The van der Waals surface area contributed by atoms with Gasteiger partial charge in [-0.25, -0.2) is 0 Å². The van der Waals surface area contributed by atoms with Crippen LogP contribution in [-0.4, -0.2) is 0 Å². The molecule has 6 aliphatic rings. The van der Waals surface area contributed by atoms with Crippen molar-refractivity contribution in [1.82, 2.24) is 0 Å². The summed E-state index contributed by atoms with van der Waals surface area (Å²) in [6, 6.07) is 105. The summed E-state index contributed by atoms with van der Waals surface area (Å²) in [5.41, 5.74) is 25.5. The lowest BCUT2D eigenvalue weighted by Gasteiger charge is -2.40. The van der Waals surface area contributed by atoms with Crippen molar-refractivity contribution in [3.63, 3.8) is 0 Å². The van der Waals surface area contributed by atoms with Gasteiger partial charge in [0.1, 0.15) is 0 Å². The van der Waals surface area contributed by atoms with Gasteiger partial charge in [0.15, 0.2) is 0 Å². The lowest BCUT2D eigenvalue weighted by molar-refractivity contribution is 0.721. The molecule has 0 N–H and O–H groups in total. The molecular weight excluding hydrogens is 1010 g/mol. The monoisotopic (exact) mass is 1060 g/mol. The van der Waals surface area contributed by atoms with Crippen molar-refractivity contribution < 1.29 is 0 Å². The highest BCUT2D eigenvalue weighted by molar-refractivity contribution is 8.00. The van der Waals surface area contributed by atoms with Gasteiger partial charge in [0.2, 0.25) is 0 Å². The van der Waals surface area contributed by atoms with E-state index in [4.69, 9.17) is 0 Å². The van der Waals surface area contributed by atoms with Crippen LogP contribution in [0.5, 0.6) is 0 Å². The first-order chi connectivity index (χ1) is 39.2. The Balaban J connectivity index is 0.950. The summed E-state index contributed by atoms with van der Waals surface area (Å²) >= 11 is 5.69. The van der Waals surface area contributed by atoms with E-state index in [0.29, 0.717) is 0 Å². The van der Waals surface area contributed by atoms with Crippen LogP contribution in [0, 0.1) is 0 Å². The van der Waals surface area contributed by atoms with Crippen LogP contribution in [0.15, 0.2) is 302 Å². The van der Waals surface area contributed by atoms with Crippen LogP contribution in [0.3, 0.4) is 0 Å². The van der Waals surface area contributed by atoms with Crippen molar-refractivity contribution in [3.05, 3.63) is 340 Å². The maximum atomic E-state index is 2.63. The molecule has 368 valence electrons. The second-order valence-electron chi connectivity index (χ2n) is 21.7. The van der Waals surface area contributed by atoms with Gasteiger partial charge in [0.05, 0.1) is 21.9 Å². The van der Waals surface area contributed by atoms with Gasteiger partial charge < -0.3 is 4.90 Å². The minimum absolute atomic E-state index is 0.488. The molecule has 0 radical (unpaired) electrons. The van der Waals surface area contributed by atoms with Crippen molar-refractivity contribution in [2.24, 2.45) is 0 Å². The molecule has 0 saturated carbocycles. The molecule has 0 bridgehead atoms. The maximum Gasteiger partial charge on any atom is 0.0736 e. The van der Waals surface area contributed by atoms with Crippen LogP contribution in [-0.2, 0) is 16.2 Å². The van der Waals surface area contributed by atoms with E-state index in [1.807, 2.05) is 35.3 Å². The smallest absolute Gasteiger partial charge is 0.0736 e. The molecular formula is C75H45NS3.